The fourth-order valence-electron chi connectivity index (χ4n) is 2.08. The number of likely N-dealkylation sites (N-methyl/N-ethyl adjacent to an activating group) is 1. The molecule has 1 N–H and O–H groups in total. The van der Waals surface area contributed by atoms with Crippen LogP contribution in [0.25, 0.3) is 0 Å². The van der Waals surface area contributed by atoms with Crippen molar-refractivity contribution in [2.24, 2.45) is 0 Å². The largest absolute Gasteiger partial charge is 0.377 e. The first-order chi connectivity index (χ1) is 8.63. The van der Waals surface area contributed by atoms with Crippen LogP contribution in [0.4, 0.5) is 4.39 Å². The topological polar surface area (TPSA) is 21.3 Å². The Morgan fingerprint density at radius 2 is 2.06 bits per heavy atom. The fraction of sp³-hybridized carbons (Fsp3) is 0.571. The summed E-state index contributed by atoms with van der Waals surface area (Å²) in [5, 5.41) is 3.70. The van der Waals surface area contributed by atoms with Crippen LogP contribution in [0.5, 0.6) is 0 Å². The van der Waals surface area contributed by atoms with Crippen LogP contribution >= 0.6 is 11.6 Å². The third kappa shape index (κ3) is 3.94. The summed E-state index contributed by atoms with van der Waals surface area (Å²) in [5.74, 6) is -0.286. The first-order valence-corrected chi connectivity index (χ1v) is 6.81. The summed E-state index contributed by atoms with van der Waals surface area (Å²) in [6.45, 7) is 7.37. The van der Waals surface area contributed by atoms with Crippen LogP contribution in [0.3, 0.4) is 0 Å². The molecule has 0 heterocycles. The molecule has 0 spiro atoms. The van der Waals surface area contributed by atoms with Crippen molar-refractivity contribution < 1.29 is 9.13 Å². The number of hydrogen-bond donors (Lipinski definition) is 1. The summed E-state index contributed by atoms with van der Waals surface area (Å²) in [7, 11) is 0. The molecule has 18 heavy (non-hydrogen) atoms. The van der Waals surface area contributed by atoms with Gasteiger partial charge in [-0.05, 0) is 32.0 Å². The Morgan fingerprint density at radius 1 is 1.33 bits per heavy atom. The Balaban J connectivity index is 3.01. The molecule has 0 aliphatic heterocycles. The number of ether oxygens (including phenoxy) is 1. The lowest BCUT2D eigenvalue weighted by molar-refractivity contribution is 0.0309. The molecule has 2 unspecified atom stereocenters. The number of benzene rings is 1. The highest BCUT2D eigenvalue weighted by Crippen LogP contribution is 2.26. The van der Waals surface area contributed by atoms with Gasteiger partial charge < -0.3 is 10.1 Å². The van der Waals surface area contributed by atoms with E-state index >= 15 is 0 Å². The Kier molecular flexibility index (Phi) is 6.61. The molecule has 0 saturated carbocycles. The Morgan fingerprint density at radius 3 is 2.56 bits per heavy atom. The summed E-state index contributed by atoms with van der Waals surface area (Å²) in [4.78, 5) is 0. The van der Waals surface area contributed by atoms with E-state index in [4.69, 9.17) is 16.3 Å². The van der Waals surface area contributed by atoms with Crippen LogP contribution < -0.4 is 5.32 Å². The molecule has 0 aliphatic carbocycles. The highest BCUT2D eigenvalue weighted by Gasteiger charge is 2.24. The first-order valence-electron chi connectivity index (χ1n) is 6.43. The number of hydrogen-bond acceptors (Lipinski definition) is 2. The molecule has 0 bridgehead atoms. The van der Waals surface area contributed by atoms with Gasteiger partial charge in [0.25, 0.3) is 0 Å². The van der Waals surface area contributed by atoms with Gasteiger partial charge in [-0.3, -0.25) is 0 Å². The fourth-order valence-corrected chi connectivity index (χ4v) is 2.24. The zero-order chi connectivity index (χ0) is 13.5. The van der Waals surface area contributed by atoms with Crippen molar-refractivity contribution in [2.75, 3.05) is 13.2 Å². The summed E-state index contributed by atoms with van der Waals surface area (Å²) in [5.41, 5.74) is 0.613. The van der Waals surface area contributed by atoms with Crippen LogP contribution in [0.2, 0.25) is 5.02 Å². The van der Waals surface area contributed by atoms with Gasteiger partial charge in [-0.25, -0.2) is 4.39 Å². The quantitative estimate of drug-likeness (QED) is 0.812. The van der Waals surface area contributed by atoms with Crippen LogP contribution in [0, 0.1) is 5.82 Å². The molecule has 0 saturated heterocycles. The van der Waals surface area contributed by atoms with Crippen molar-refractivity contribution in [3.05, 3.63) is 34.6 Å². The molecule has 2 nitrogen and oxygen atoms in total. The van der Waals surface area contributed by atoms with Gasteiger partial charge >= 0.3 is 0 Å². The predicted octanol–water partition coefficient (Wildman–Crippen LogP) is 3.94. The van der Waals surface area contributed by atoms with E-state index < -0.39 is 0 Å². The molecule has 0 fully saturated rings. The van der Waals surface area contributed by atoms with Gasteiger partial charge in [0, 0.05) is 17.2 Å². The van der Waals surface area contributed by atoms with E-state index in [0.29, 0.717) is 17.2 Å². The number of nitrogens with one attached hydrogen (secondary N) is 1. The van der Waals surface area contributed by atoms with Crippen molar-refractivity contribution in [3.63, 3.8) is 0 Å². The number of halogens is 2. The summed E-state index contributed by atoms with van der Waals surface area (Å²) >= 11 is 5.78. The van der Waals surface area contributed by atoms with E-state index in [-0.39, 0.29) is 18.0 Å². The van der Waals surface area contributed by atoms with Crippen LogP contribution in [-0.4, -0.2) is 19.3 Å². The molecule has 0 amide bonds. The average Bonchev–Trinajstić information content (AvgIpc) is 2.34. The smallest absolute Gasteiger partial charge is 0.129 e. The maximum atomic E-state index is 14.0. The molecule has 0 aliphatic rings. The van der Waals surface area contributed by atoms with Gasteiger partial charge in [-0.15, -0.1) is 0 Å². The van der Waals surface area contributed by atoms with Gasteiger partial charge in [0.05, 0.1) is 12.1 Å². The summed E-state index contributed by atoms with van der Waals surface area (Å²) in [6.07, 6.45) is 0.790. The zero-order valence-electron chi connectivity index (χ0n) is 11.2. The molecule has 2 atom stereocenters. The summed E-state index contributed by atoms with van der Waals surface area (Å²) in [6, 6.07) is 4.65. The second kappa shape index (κ2) is 7.72. The van der Waals surface area contributed by atoms with Gasteiger partial charge in [0.2, 0.25) is 0 Å². The third-order valence-corrected chi connectivity index (χ3v) is 3.11. The SMILES string of the molecule is CCNC(c1ccc(Cl)cc1F)C(CC)OCC. The standard InChI is InChI=1S/C14H21ClFNO/c1-4-13(18-6-3)14(17-5-2)11-8-7-10(15)9-12(11)16/h7-9,13-14,17H,4-6H2,1-3H3. The Labute approximate surface area is 113 Å². The van der Waals surface area contributed by atoms with Crippen LogP contribution in [0.15, 0.2) is 18.2 Å². The molecule has 1 rings (SSSR count). The maximum Gasteiger partial charge on any atom is 0.129 e. The van der Waals surface area contributed by atoms with E-state index in [9.17, 15) is 4.39 Å². The predicted molar refractivity (Wildman–Crippen MR) is 73.5 cm³/mol. The van der Waals surface area contributed by atoms with E-state index in [0.717, 1.165) is 13.0 Å². The minimum absolute atomic E-state index is 0.0365. The van der Waals surface area contributed by atoms with Crippen molar-refractivity contribution in [2.45, 2.75) is 39.3 Å². The van der Waals surface area contributed by atoms with E-state index in [1.54, 1.807) is 12.1 Å². The average molecular weight is 274 g/mol. The van der Waals surface area contributed by atoms with Gasteiger partial charge in [0.1, 0.15) is 5.82 Å². The minimum atomic E-state index is -0.286. The van der Waals surface area contributed by atoms with Gasteiger partial charge in [-0.2, -0.15) is 0 Å². The monoisotopic (exact) mass is 273 g/mol. The van der Waals surface area contributed by atoms with E-state index in [2.05, 4.69) is 5.32 Å². The molecule has 1 aromatic carbocycles. The summed E-state index contributed by atoms with van der Waals surface area (Å²) < 4.78 is 19.7. The van der Waals surface area contributed by atoms with E-state index in [1.807, 2.05) is 20.8 Å². The van der Waals surface area contributed by atoms with Crippen LogP contribution in [0.1, 0.15) is 38.8 Å². The van der Waals surface area contributed by atoms with E-state index in [1.165, 1.54) is 6.07 Å². The first kappa shape index (κ1) is 15.4. The maximum absolute atomic E-state index is 14.0. The Hall–Kier alpha value is -0.640. The lowest BCUT2D eigenvalue weighted by Crippen LogP contribution is -2.34. The zero-order valence-corrected chi connectivity index (χ0v) is 11.9. The molecule has 0 radical (unpaired) electrons. The van der Waals surface area contributed by atoms with Gasteiger partial charge in [-0.1, -0.05) is 31.5 Å². The van der Waals surface area contributed by atoms with Crippen molar-refractivity contribution in [1.29, 1.82) is 0 Å². The lowest BCUT2D eigenvalue weighted by Gasteiger charge is -2.27. The lowest BCUT2D eigenvalue weighted by atomic mass is 9.99. The Bertz CT molecular complexity index is 373. The van der Waals surface area contributed by atoms with Crippen molar-refractivity contribution >= 4 is 11.6 Å². The van der Waals surface area contributed by atoms with Crippen LogP contribution in [-0.2, 0) is 4.74 Å². The molecule has 0 aromatic heterocycles. The van der Waals surface area contributed by atoms with Crippen molar-refractivity contribution in [3.8, 4) is 0 Å². The highest BCUT2D eigenvalue weighted by atomic mass is 35.5. The third-order valence-electron chi connectivity index (χ3n) is 2.88. The number of rotatable bonds is 7. The molecule has 4 heteroatoms. The van der Waals surface area contributed by atoms with Crippen molar-refractivity contribution in [1.82, 2.24) is 5.32 Å². The van der Waals surface area contributed by atoms with Gasteiger partial charge in [0.15, 0.2) is 0 Å². The second-order valence-electron chi connectivity index (χ2n) is 4.10. The molecule has 1 aromatic rings. The normalized spacial score (nSPS) is 14.5. The molecular weight excluding hydrogens is 253 g/mol. The molecule has 102 valence electrons. The highest BCUT2D eigenvalue weighted by molar-refractivity contribution is 6.30. The second-order valence-corrected chi connectivity index (χ2v) is 4.54. The molecular formula is C14H21ClFNO. The minimum Gasteiger partial charge on any atom is -0.377 e.